The van der Waals surface area contributed by atoms with Gasteiger partial charge in [0, 0.05) is 24.7 Å². The van der Waals surface area contributed by atoms with Crippen LogP contribution in [-0.4, -0.2) is 24.9 Å². The van der Waals surface area contributed by atoms with E-state index in [0.717, 1.165) is 30.8 Å². The molecule has 114 valence electrons. The molecule has 0 saturated carbocycles. The standard InChI is InChI=1S/C16H23N3O2/c1-11(2)15(20)19-14-5-3-4-12(8-14)9-18-16(21)13-6-7-17-10-13/h3-5,8,11,13,17H,6-7,9-10H2,1-2H3,(H,18,21)(H,19,20). The highest BCUT2D eigenvalue weighted by Crippen LogP contribution is 2.13. The molecule has 0 aromatic heterocycles. The van der Waals surface area contributed by atoms with E-state index in [1.165, 1.54) is 0 Å². The second-order valence-electron chi connectivity index (χ2n) is 5.75. The van der Waals surface area contributed by atoms with Crippen LogP contribution in [0.5, 0.6) is 0 Å². The first kappa shape index (κ1) is 15.5. The van der Waals surface area contributed by atoms with E-state index >= 15 is 0 Å². The van der Waals surface area contributed by atoms with Crippen LogP contribution in [0.1, 0.15) is 25.8 Å². The van der Waals surface area contributed by atoms with E-state index in [2.05, 4.69) is 16.0 Å². The number of carbonyl (C=O) groups excluding carboxylic acids is 2. The van der Waals surface area contributed by atoms with Gasteiger partial charge in [0.05, 0.1) is 5.92 Å². The first-order valence-electron chi connectivity index (χ1n) is 7.44. The van der Waals surface area contributed by atoms with Crippen molar-refractivity contribution in [1.82, 2.24) is 10.6 Å². The normalized spacial score (nSPS) is 17.8. The molecule has 2 amide bonds. The Hall–Kier alpha value is -1.88. The highest BCUT2D eigenvalue weighted by Gasteiger charge is 2.21. The van der Waals surface area contributed by atoms with Crippen LogP contribution in [0.2, 0.25) is 0 Å². The van der Waals surface area contributed by atoms with Crippen LogP contribution in [0.15, 0.2) is 24.3 Å². The van der Waals surface area contributed by atoms with Gasteiger partial charge in [0.25, 0.3) is 0 Å². The summed E-state index contributed by atoms with van der Waals surface area (Å²) in [5.74, 6) is 0.113. The minimum absolute atomic E-state index is 0.00628. The van der Waals surface area contributed by atoms with Gasteiger partial charge in [-0.2, -0.15) is 0 Å². The summed E-state index contributed by atoms with van der Waals surface area (Å²) in [5.41, 5.74) is 1.75. The van der Waals surface area contributed by atoms with E-state index in [4.69, 9.17) is 0 Å². The highest BCUT2D eigenvalue weighted by atomic mass is 16.2. The molecule has 0 spiro atoms. The van der Waals surface area contributed by atoms with Gasteiger partial charge in [0.1, 0.15) is 0 Å². The first-order chi connectivity index (χ1) is 10.1. The molecule has 0 aliphatic carbocycles. The van der Waals surface area contributed by atoms with E-state index < -0.39 is 0 Å². The smallest absolute Gasteiger partial charge is 0.226 e. The molecule has 5 nitrogen and oxygen atoms in total. The Morgan fingerprint density at radius 1 is 1.38 bits per heavy atom. The fourth-order valence-corrected chi connectivity index (χ4v) is 2.26. The Morgan fingerprint density at radius 2 is 2.19 bits per heavy atom. The largest absolute Gasteiger partial charge is 0.352 e. The lowest BCUT2D eigenvalue weighted by Gasteiger charge is -2.12. The maximum Gasteiger partial charge on any atom is 0.226 e. The monoisotopic (exact) mass is 289 g/mol. The third kappa shape index (κ3) is 4.56. The van der Waals surface area contributed by atoms with Crippen LogP contribution < -0.4 is 16.0 Å². The number of carbonyl (C=O) groups is 2. The maximum atomic E-state index is 11.9. The fraction of sp³-hybridized carbons (Fsp3) is 0.500. The lowest BCUT2D eigenvalue weighted by atomic mass is 10.1. The van der Waals surface area contributed by atoms with Crippen molar-refractivity contribution in [3.05, 3.63) is 29.8 Å². The van der Waals surface area contributed by atoms with Gasteiger partial charge in [-0.3, -0.25) is 9.59 Å². The van der Waals surface area contributed by atoms with Crippen molar-refractivity contribution >= 4 is 17.5 Å². The molecular weight excluding hydrogens is 266 g/mol. The number of hydrogen-bond acceptors (Lipinski definition) is 3. The molecule has 21 heavy (non-hydrogen) atoms. The third-order valence-electron chi connectivity index (χ3n) is 3.62. The Bertz CT molecular complexity index is 508. The lowest BCUT2D eigenvalue weighted by molar-refractivity contribution is -0.124. The molecule has 2 rings (SSSR count). The van der Waals surface area contributed by atoms with Crippen molar-refractivity contribution in [2.45, 2.75) is 26.8 Å². The van der Waals surface area contributed by atoms with E-state index in [1.54, 1.807) is 0 Å². The van der Waals surface area contributed by atoms with Crippen molar-refractivity contribution in [2.24, 2.45) is 11.8 Å². The number of benzene rings is 1. The van der Waals surface area contributed by atoms with Gasteiger partial charge in [0.2, 0.25) is 11.8 Å². The van der Waals surface area contributed by atoms with Crippen molar-refractivity contribution in [1.29, 1.82) is 0 Å². The maximum absolute atomic E-state index is 11.9. The van der Waals surface area contributed by atoms with Crippen LogP contribution in [0, 0.1) is 11.8 Å². The van der Waals surface area contributed by atoms with E-state index in [1.807, 2.05) is 38.1 Å². The van der Waals surface area contributed by atoms with Crippen molar-refractivity contribution < 1.29 is 9.59 Å². The summed E-state index contributed by atoms with van der Waals surface area (Å²) >= 11 is 0. The average molecular weight is 289 g/mol. The molecule has 1 unspecified atom stereocenters. The van der Waals surface area contributed by atoms with Gasteiger partial charge >= 0.3 is 0 Å². The molecule has 5 heteroatoms. The quantitative estimate of drug-likeness (QED) is 0.769. The zero-order chi connectivity index (χ0) is 15.2. The van der Waals surface area contributed by atoms with Crippen LogP contribution in [0.4, 0.5) is 5.69 Å². The van der Waals surface area contributed by atoms with Gasteiger partial charge < -0.3 is 16.0 Å². The number of nitrogens with one attached hydrogen (secondary N) is 3. The summed E-state index contributed by atoms with van der Waals surface area (Å²) < 4.78 is 0. The molecule has 1 aromatic carbocycles. The summed E-state index contributed by atoms with van der Waals surface area (Å²) in [6.07, 6.45) is 0.899. The van der Waals surface area contributed by atoms with Crippen molar-refractivity contribution in [2.75, 3.05) is 18.4 Å². The van der Waals surface area contributed by atoms with Crippen molar-refractivity contribution in [3.63, 3.8) is 0 Å². The van der Waals surface area contributed by atoms with Crippen LogP contribution in [0.3, 0.4) is 0 Å². The minimum Gasteiger partial charge on any atom is -0.352 e. The number of rotatable bonds is 5. The second-order valence-corrected chi connectivity index (χ2v) is 5.75. The third-order valence-corrected chi connectivity index (χ3v) is 3.62. The van der Waals surface area contributed by atoms with Crippen LogP contribution in [0.25, 0.3) is 0 Å². The molecule has 3 N–H and O–H groups in total. The summed E-state index contributed by atoms with van der Waals surface area (Å²) in [5, 5.41) is 9.00. The molecule has 1 saturated heterocycles. The zero-order valence-corrected chi connectivity index (χ0v) is 12.6. The number of amides is 2. The zero-order valence-electron chi connectivity index (χ0n) is 12.6. The highest BCUT2D eigenvalue weighted by molar-refractivity contribution is 5.92. The Labute approximate surface area is 125 Å². The second kappa shape index (κ2) is 7.22. The molecule has 1 aromatic rings. The molecule has 1 heterocycles. The number of hydrogen-bond donors (Lipinski definition) is 3. The van der Waals surface area contributed by atoms with Gasteiger partial charge in [-0.25, -0.2) is 0 Å². The van der Waals surface area contributed by atoms with Gasteiger partial charge in [-0.1, -0.05) is 26.0 Å². The van der Waals surface area contributed by atoms with Gasteiger partial charge in [-0.05, 0) is 30.7 Å². The molecular formula is C16H23N3O2. The molecule has 1 fully saturated rings. The molecule has 1 atom stereocenters. The molecule has 0 bridgehead atoms. The molecule has 1 aliphatic heterocycles. The first-order valence-corrected chi connectivity index (χ1v) is 7.44. The Morgan fingerprint density at radius 3 is 2.86 bits per heavy atom. The van der Waals surface area contributed by atoms with E-state index in [9.17, 15) is 9.59 Å². The van der Waals surface area contributed by atoms with E-state index in [0.29, 0.717) is 6.54 Å². The number of anilines is 1. The summed E-state index contributed by atoms with van der Waals surface area (Å²) in [6, 6.07) is 7.58. The fourth-order valence-electron chi connectivity index (χ4n) is 2.26. The Kier molecular flexibility index (Phi) is 5.33. The topological polar surface area (TPSA) is 70.2 Å². The summed E-state index contributed by atoms with van der Waals surface area (Å²) in [4.78, 5) is 23.6. The van der Waals surface area contributed by atoms with E-state index in [-0.39, 0.29) is 23.7 Å². The minimum atomic E-state index is -0.0526. The summed E-state index contributed by atoms with van der Waals surface area (Å²) in [6.45, 7) is 5.87. The SMILES string of the molecule is CC(C)C(=O)Nc1cccc(CNC(=O)C2CCNC2)c1. The molecule has 0 radical (unpaired) electrons. The van der Waals surface area contributed by atoms with Gasteiger partial charge in [-0.15, -0.1) is 0 Å². The summed E-state index contributed by atoms with van der Waals surface area (Å²) in [7, 11) is 0. The Balaban J connectivity index is 1.88. The van der Waals surface area contributed by atoms with Gasteiger partial charge in [0.15, 0.2) is 0 Å². The van der Waals surface area contributed by atoms with Crippen LogP contribution in [-0.2, 0) is 16.1 Å². The molecule has 1 aliphatic rings. The van der Waals surface area contributed by atoms with Crippen LogP contribution >= 0.6 is 0 Å². The average Bonchev–Trinajstić information content (AvgIpc) is 2.99. The lowest BCUT2D eigenvalue weighted by Crippen LogP contribution is -2.31. The van der Waals surface area contributed by atoms with Crippen molar-refractivity contribution in [3.8, 4) is 0 Å². The predicted molar refractivity (Wildman–Crippen MR) is 82.7 cm³/mol. The predicted octanol–water partition coefficient (Wildman–Crippen LogP) is 1.51.